The van der Waals surface area contributed by atoms with Crippen LogP contribution in [0.5, 0.6) is 0 Å². The van der Waals surface area contributed by atoms with Gasteiger partial charge in [-0.25, -0.2) is 8.42 Å². The lowest BCUT2D eigenvalue weighted by Crippen LogP contribution is -2.33. The Kier molecular flexibility index (Phi) is 5.11. The van der Waals surface area contributed by atoms with Crippen molar-refractivity contribution in [1.82, 2.24) is 4.90 Å². The zero-order valence-electron chi connectivity index (χ0n) is 12.5. The summed E-state index contributed by atoms with van der Waals surface area (Å²) in [7, 11) is -1.93. The zero-order valence-corrected chi connectivity index (χ0v) is 13.3. The molecule has 0 aliphatic carbocycles. The molecule has 1 aromatic rings. The van der Waals surface area contributed by atoms with Crippen molar-refractivity contribution in [2.75, 3.05) is 19.8 Å². The van der Waals surface area contributed by atoms with Crippen LogP contribution in [0.1, 0.15) is 22.8 Å². The number of nitrogens with zero attached hydrogens (tertiary/aromatic N) is 1. The van der Waals surface area contributed by atoms with E-state index in [1.807, 2.05) is 0 Å². The molecule has 0 saturated carbocycles. The van der Waals surface area contributed by atoms with Crippen LogP contribution in [0.4, 0.5) is 0 Å². The minimum Gasteiger partial charge on any atom is -0.481 e. The number of carbonyl (C=O) groups is 2. The van der Waals surface area contributed by atoms with Crippen molar-refractivity contribution in [3.8, 4) is 0 Å². The molecule has 0 bridgehead atoms. The van der Waals surface area contributed by atoms with E-state index in [4.69, 9.17) is 5.11 Å². The highest BCUT2D eigenvalue weighted by molar-refractivity contribution is 7.90. The molecule has 0 aliphatic rings. The molecule has 7 heteroatoms. The van der Waals surface area contributed by atoms with Gasteiger partial charge in [0.15, 0.2) is 9.84 Å². The minimum atomic E-state index is -3.42. The largest absolute Gasteiger partial charge is 0.481 e. The molecule has 21 heavy (non-hydrogen) atoms. The number of benzene rings is 1. The summed E-state index contributed by atoms with van der Waals surface area (Å²) in [5.41, 5.74) is 0.789. The Bertz CT molecular complexity index is 666. The first kappa shape index (κ1) is 17.2. The number of aliphatic carboxylic acids is 1. The van der Waals surface area contributed by atoms with Crippen LogP contribution in [0.15, 0.2) is 23.1 Å². The Hall–Kier alpha value is -1.89. The van der Waals surface area contributed by atoms with Crippen molar-refractivity contribution < 1.29 is 23.1 Å². The number of rotatable bonds is 5. The SMILES string of the molecule is Cc1ccc(C(=O)N(C)CC(C)C(=O)O)cc1S(C)(=O)=O. The van der Waals surface area contributed by atoms with Crippen LogP contribution in [0.25, 0.3) is 0 Å². The lowest BCUT2D eigenvalue weighted by atomic mass is 10.1. The summed E-state index contributed by atoms with van der Waals surface area (Å²) in [6.07, 6.45) is 1.08. The molecule has 0 aliphatic heterocycles. The number of aryl methyl sites for hydroxylation is 1. The molecule has 0 fully saturated rings. The minimum absolute atomic E-state index is 0.0518. The molecule has 6 nitrogen and oxygen atoms in total. The molecule has 1 amide bonds. The summed E-state index contributed by atoms with van der Waals surface area (Å²) >= 11 is 0. The van der Waals surface area contributed by atoms with E-state index in [0.717, 1.165) is 6.26 Å². The van der Waals surface area contributed by atoms with E-state index >= 15 is 0 Å². The third kappa shape index (κ3) is 4.29. The van der Waals surface area contributed by atoms with Crippen molar-refractivity contribution in [3.05, 3.63) is 29.3 Å². The zero-order chi connectivity index (χ0) is 16.4. The number of hydrogen-bond donors (Lipinski definition) is 1. The Balaban J connectivity index is 3.06. The predicted octanol–water partition coefficient (Wildman–Crippen LogP) is 1.19. The molecule has 1 N–H and O–H groups in total. The monoisotopic (exact) mass is 313 g/mol. The molecular formula is C14H19NO5S. The number of carboxylic acid groups (broad SMARTS) is 1. The van der Waals surface area contributed by atoms with Crippen molar-refractivity contribution in [2.24, 2.45) is 5.92 Å². The summed E-state index contributed by atoms with van der Waals surface area (Å²) in [5, 5.41) is 8.85. The first-order valence-electron chi connectivity index (χ1n) is 6.33. The van der Waals surface area contributed by atoms with Crippen molar-refractivity contribution in [3.63, 3.8) is 0 Å². The van der Waals surface area contributed by atoms with Crippen LogP contribution in [-0.4, -0.2) is 50.1 Å². The molecule has 0 radical (unpaired) electrons. The second kappa shape index (κ2) is 6.26. The van der Waals surface area contributed by atoms with Gasteiger partial charge in [0, 0.05) is 25.4 Å². The third-order valence-corrected chi connectivity index (χ3v) is 4.39. The van der Waals surface area contributed by atoms with Crippen molar-refractivity contribution in [2.45, 2.75) is 18.7 Å². The molecule has 0 heterocycles. The lowest BCUT2D eigenvalue weighted by molar-refractivity contribution is -0.141. The molecule has 0 saturated heterocycles. The van der Waals surface area contributed by atoms with Crippen LogP contribution in [0.2, 0.25) is 0 Å². The van der Waals surface area contributed by atoms with Crippen LogP contribution in [0.3, 0.4) is 0 Å². The maximum absolute atomic E-state index is 12.2. The second-order valence-electron chi connectivity index (χ2n) is 5.18. The van der Waals surface area contributed by atoms with E-state index in [1.54, 1.807) is 13.0 Å². The van der Waals surface area contributed by atoms with Gasteiger partial charge in [0.05, 0.1) is 10.8 Å². The molecule has 116 valence electrons. The summed E-state index contributed by atoms with van der Waals surface area (Å²) in [4.78, 5) is 24.4. The molecule has 1 unspecified atom stereocenters. The normalized spacial score (nSPS) is 12.8. The molecule has 1 rings (SSSR count). The molecule has 0 aromatic heterocycles. The van der Waals surface area contributed by atoms with E-state index < -0.39 is 27.6 Å². The fraction of sp³-hybridized carbons (Fsp3) is 0.429. The highest BCUT2D eigenvalue weighted by Crippen LogP contribution is 2.18. The summed E-state index contributed by atoms with van der Waals surface area (Å²) in [6, 6.07) is 4.43. The number of hydrogen-bond acceptors (Lipinski definition) is 4. The fourth-order valence-electron chi connectivity index (χ4n) is 1.92. The number of carboxylic acids is 1. The average molecular weight is 313 g/mol. The molecule has 0 spiro atoms. The van der Waals surface area contributed by atoms with Gasteiger partial charge in [-0.15, -0.1) is 0 Å². The van der Waals surface area contributed by atoms with Gasteiger partial charge in [-0.05, 0) is 24.6 Å². The first-order valence-corrected chi connectivity index (χ1v) is 8.22. The van der Waals surface area contributed by atoms with Gasteiger partial charge in [-0.1, -0.05) is 13.0 Å². The quantitative estimate of drug-likeness (QED) is 0.881. The highest BCUT2D eigenvalue weighted by atomic mass is 32.2. The van der Waals surface area contributed by atoms with E-state index in [2.05, 4.69) is 0 Å². The average Bonchev–Trinajstić information content (AvgIpc) is 2.36. The van der Waals surface area contributed by atoms with Gasteiger partial charge in [0.2, 0.25) is 0 Å². The number of amides is 1. The summed E-state index contributed by atoms with van der Waals surface area (Å²) < 4.78 is 23.3. The molecular weight excluding hydrogens is 294 g/mol. The third-order valence-electron chi connectivity index (χ3n) is 3.15. The predicted molar refractivity (Wildman–Crippen MR) is 78.0 cm³/mol. The van der Waals surface area contributed by atoms with Gasteiger partial charge in [-0.2, -0.15) is 0 Å². The maximum atomic E-state index is 12.2. The standard InChI is InChI=1S/C14H19NO5S/c1-9-5-6-11(7-12(9)21(4,19)20)13(16)15(3)8-10(2)14(17)18/h5-7,10H,8H2,1-4H3,(H,17,18). The van der Waals surface area contributed by atoms with Crippen LogP contribution in [0, 0.1) is 12.8 Å². The van der Waals surface area contributed by atoms with Gasteiger partial charge in [0.1, 0.15) is 0 Å². The highest BCUT2D eigenvalue weighted by Gasteiger charge is 2.20. The Labute approximate surface area is 124 Å². The number of sulfone groups is 1. The summed E-state index contributed by atoms with van der Waals surface area (Å²) in [5.74, 6) is -2.10. The maximum Gasteiger partial charge on any atom is 0.308 e. The first-order chi connectivity index (χ1) is 9.54. The van der Waals surface area contributed by atoms with Crippen molar-refractivity contribution >= 4 is 21.7 Å². The topological polar surface area (TPSA) is 91.8 Å². The van der Waals surface area contributed by atoms with Gasteiger partial charge >= 0.3 is 5.97 Å². The van der Waals surface area contributed by atoms with Gasteiger partial charge in [-0.3, -0.25) is 9.59 Å². The Morgan fingerprint density at radius 1 is 1.33 bits per heavy atom. The van der Waals surface area contributed by atoms with Crippen LogP contribution >= 0.6 is 0 Å². The van der Waals surface area contributed by atoms with E-state index in [9.17, 15) is 18.0 Å². The smallest absolute Gasteiger partial charge is 0.308 e. The molecule has 1 atom stereocenters. The van der Waals surface area contributed by atoms with Gasteiger partial charge in [0.25, 0.3) is 5.91 Å². The molecule has 1 aromatic carbocycles. The Morgan fingerprint density at radius 2 is 1.90 bits per heavy atom. The van der Waals surface area contributed by atoms with Crippen LogP contribution in [-0.2, 0) is 14.6 Å². The van der Waals surface area contributed by atoms with E-state index in [0.29, 0.717) is 5.56 Å². The van der Waals surface area contributed by atoms with Crippen molar-refractivity contribution in [1.29, 1.82) is 0 Å². The van der Waals surface area contributed by atoms with E-state index in [-0.39, 0.29) is 17.0 Å². The Morgan fingerprint density at radius 3 is 2.38 bits per heavy atom. The van der Waals surface area contributed by atoms with E-state index in [1.165, 1.54) is 31.0 Å². The van der Waals surface area contributed by atoms with Gasteiger partial charge < -0.3 is 10.0 Å². The fourth-order valence-corrected chi connectivity index (χ4v) is 2.92. The van der Waals surface area contributed by atoms with Crippen LogP contribution < -0.4 is 0 Å². The number of carbonyl (C=O) groups excluding carboxylic acids is 1. The summed E-state index contributed by atoms with van der Waals surface area (Å²) in [6.45, 7) is 3.21. The lowest BCUT2D eigenvalue weighted by Gasteiger charge is -2.20. The second-order valence-corrected chi connectivity index (χ2v) is 7.16.